The number of allylic oxidation sites excluding steroid dienone is 6. The molecule has 0 amide bonds. The Hall–Kier alpha value is -4.09. The quantitative estimate of drug-likeness (QED) is 0.0633. The maximum absolute atomic E-state index is 13.0. The summed E-state index contributed by atoms with van der Waals surface area (Å²) in [6.07, 6.45) is 11.6. The van der Waals surface area contributed by atoms with Crippen LogP contribution in [0.2, 0.25) is 0 Å². The molecule has 3 aliphatic heterocycles. The van der Waals surface area contributed by atoms with Gasteiger partial charge in [0, 0.05) is 44.2 Å². The van der Waals surface area contributed by atoms with Gasteiger partial charge in [-0.05, 0) is 93.6 Å². The van der Waals surface area contributed by atoms with Crippen LogP contribution >= 0.6 is 0 Å². The molecule has 0 radical (unpaired) electrons. The van der Waals surface area contributed by atoms with E-state index in [1.165, 1.54) is 0 Å². The highest BCUT2D eigenvalue weighted by Gasteiger charge is 2.46. The van der Waals surface area contributed by atoms with Gasteiger partial charge >= 0.3 is 5.97 Å². The van der Waals surface area contributed by atoms with Crippen molar-refractivity contribution >= 4 is 5.97 Å². The van der Waals surface area contributed by atoms with Gasteiger partial charge in [-0.25, -0.2) is 4.79 Å². The van der Waals surface area contributed by atoms with Crippen LogP contribution in [0.25, 0.3) is 0 Å². The molecule has 10 nitrogen and oxygen atoms in total. The molecule has 5 aliphatic rings. The number of nitriles is 4. The smallest absolute Gasteiger partial charge is 0.349 e. The van der Waals surface area contributed by atoms with Gasteiger partial charge in [-0.3, -0.25) is 0 Å². The molecule has 0 spiro atoms. The topological polar surface area (TPSA) is 150 Å². The Morgan fingerprint density at radius 1 is 0.735 bits per heavy atom. The summed E-state index contributed by atoms with van der Waals surface area (Å²) >= 11 is 0. The molecular formula is C39H50N6O4. The minimum Gasteiger partial charge on any atom is -0.462 e. The Kier molecular flexibility index (Phi) is 13.0. The predicted molar refractivity (Wildman–Crippen MR) is 182 cm³/mol. The Morgan fingerprint density at radius 2 is 1.27 bits per heavy atom. The van der Waals surface area contributed by atoms with Crippen LogP contribution in [0.3, 0.4) is 0 Å². The van der Waals surface area contributed by atoms with Gasteiger partial charge in [0.25, 0.3) is 0 Å². The molecule has 0 N–H and O–H groups in total. The van der Waals surface area contributed by atoms with Gasteiger partial charge in [0.2, 0.25) is 0 Å². The first-order chi connectivity index (χ1) is 24.0. The number of likely N-dealkylation sites (tertiary alicyclic amines) is 2. The van der Waals surface area contributed by atoms with Crippen LogP contribution in [-0.2, 0) is 19.0 Å². The first-order valence-corrected chi connectivity index (χ1v) is 18.4. The van der Waals surface area contributed by atoms with Crippen molar-refractivity contribution < 1.29 is 19.0 Å². The number of esters is 1. The van der Waals surface area contributed by atoms with E-state index in [1.807, 2.05) is 0 Å². The summed E-state index contributed by atoms with van der Waals surface area (Å²) in [5.74, 6) is 0.0584. The fourth-order valence-corrected chi connectivity index (χ4v) is 7.85. The number of unbranched alkanes of at least 4 members (excludes halogenated alkanes) is 3. The van der Waals surface area contributed by atoms with Crippen molar-refractivity contribution in [2.75, 3.05) is 39.4 Å². The van der Waals surface area contributed by atoms with Crippen LogP contribution in [0.1, 0.15) is 104 Å². The number of hydrogen-bond donors (Lipinski definition) is 0. The Labute approximate surface area is 291 Å². The molecule has 3 fully saturated rings. The van der Waals surface area contributed by atoms with Crippen LogP contribution in [0, 0.1) is 57.2 Å². The largest absolute Gasteiger partial charge is 0.462 e. The summed E-state index contributed by atoms with van der Waals surface area (Å²) in [5, 5.41) is 40.3. The van der Waals surface area contributed by atoms with Crippen molar-refractivity contribution in [2.24, 2.45) is 11.8 Å². The summed E-state index contributed by atoms with van der Waals surface area (Å²) < 4.78 is 17.3. The summed E-state index contributed by atoms with van der Waals surface area (Å²) in [6, 6.07) is 9.18. The number of carbonyl (C=O) groups excluding carboxylic acids is 1. The summed E-state index contributed by atoms with van der Waals surface area (Å²) in [6.45, 7) is 8.74. The van der Waals surface area contributed by atoms with E-state index in [1.54, 1.807) is 0 Å². The molecule has 4 unspecified atom stereocenters. The molecule has 3 heterocycles. The third kappa shape index (κ3) is 8.56. The normalized spacial score (nSPS) is 27.3. The molecule has 5 rings (SSSR count). The van der Waals surface area contributed by atoms with Crippen LogP contribution < -0.4 is 0 Å². The molecule has 4 atom stereocenters. The van der Waals surface area contributed by atoms with E-state index in [-0.39, 0.29) is 12.2 Å². The Morgan fingerprint density at radius 3 is 1.78 bits per heavy atom. The van der Waals surface area contributed by atoms with Crippen molar-refractivity contribution in [1.29, 1.82) is 21.0 Å². The van der Waals surface area contributed by atoms with E-state index < -0.39 is 18.4 Å². The number of rotatable bonds is 14. The zero-order valence-corrected chi connectivity index (χ0v) is 29.3. The molecule has 0 aromatic carbocycles. The van der Waals surface area contributed by atoms with Gasteiger partial charge in [-0.1, -0.05) is 33.1 Å². The number of carbonyl (C=O) groups is 1. The third-order valence-electron chi connectivity index (χ3n) is 10.8. The molecule has 0 aromatic rings. The molecule has 2 aliphatic carbocycles. The minimum atomic E-state index is -0.643. The fourth-order valence-electron chi connectivity index (χ4n) is 7.85. The molecular weight excluding hydrogens is 616 g/mol. The lowest BCUT2D eigenvalue weighted by Crippen LogP contribution is -2.27. The number of hydrogen-bond acceptors (Lipinski definition) is 10. The zero-order valence-electron chi connectivity index (χ0n) is 29.3. The average molecular weight is 667 g/mol. The van der Waals surface area contributed by atoms with Crippen molar-refractivity contribution in [3.8, 4) is 24.3 Å². The molecule has 49 heavy (non-hydrogen) atoms. The van der Waals surface area contributed by atoms with Crippen molar-refractivity contribution in [1.82, 2.24) is 9.80 Å². The van der Waals surface area contributed by atoms with E-state index in [0.717, 1.165) is 120 Å². The van der Waals surface area contributed by atoms with E-state index in [4.69, 9.17) is 14.2 Å². The lowest BCUT2D eigenvalue weighted by atomic mass is 9.79. The van der Waals surface area contributed by atoms with Gasteiger partial charge < -0.3 is 24.0 Å². The second-order valence-electron chi connectivity index (χ2n) is 13.9. The molecule has 0 aromatic heterocycles. The highest BCUT2D eigenvalue weighted by Crippen LogP contribution is 2.43. The standard InChI is InChI=1S/C39H50N6O4/c1-3-27-19-29(31(23-40)35(21-27)44-13-7-8-14-44)33(25-42)37-39(49-37)48-18-12-6-5-11-17-47-38(46)34(26-43)30-20-28(4-2)22-36(32(30)24-41)45-15-9-10-16-45/h27-28,37,39H,3-22H2,1-2H3/b33-29+,34-30+. The van der Waals surface area contributed by atoms with E-state index in [2.05, 4.69) is 47.9 Å². The SMILES string of the molecule is CCC1CC(N2CCCC2)=C(C#N)/C(=C(\C#N)C(=O)OCCCCCCOC2OC2/C(C#N)=C2\CC(CC)CC(N3CCCC3)=C2C#N)C1. The highest BCUT2D eigenvalue weighted by molar-refractivity contribution is 5.95. The maximum Gasteiger partial charge on any atom is 0.349 e. The molecule has 10 heteroatoms. The summed E-state index contributed by atoms with van der Waals surface area (Å²) in [5.41, 5.74) is 5.11. The number of epoxide rings is 1. The van der Waals surface area contributed by atoms with E-state index in [9.17, 15) is 25.8 Å². The van der Waals surface area contributed by atoms with Gasteiger partial charge in [0.1, 0.15) is 29.9 Å². The molecule has 0 bridgehead atoms. The summed E-state index contributed by atoms with van der Waals surface area (Å²) in [4.78, 5) is 17.6. The lowest BCUT2D eigenvalue weighted by Gasteiger charge is -2.32. The highest BCUT2D eigenvalue weighted by atomic mass is 16.8. The zero-order chi connectivity index (χ0) is 34.8. The van der Waals surface area contributed by atoms with Crippen LogP contribution in [0.15, 0.2) is 44.8 Å². The van der Waals surface area contributed by atoms with Gasteiger partial charge in [-0.15, -0.1) is 0 Å². The number of ether oxygens (including phenoxy) is 3. The van der Waals surface area contributed by atoms with Gasteiger partial charge in [-0.2, -0.15) is 21.0 Å². The van der Waals surface area contributed by atoms with Crippen molar-refractivity contribution in [3.63, 3.8) is 0 Å². The minimum absolute atomic E-state index is 0.0337. The maximum atomic E-state index is 13.0. The van der Waals surface area contributed by atoms with Crippen molar-refractivity contribution in [2.45, 2.75) is 116 Å². The Bertz CT molecular complexity index is 1530. The lowest BCUT2D eigenvalue weighted by molar-refractivity contribution is -0.138. The third-order valence-corrected chi connectivity index (χ3v) is 10.8. The van der Waals surface area contributed by atoms with Crippen molar-refractivity contribution in [3.05, 3.63) is 44.8 Å². The van der Waals surface area contributed by atoms with Gasteiger partial charge in [0.05, 0.1) is 29.4 Å². The van der Waals surface area contributed by atoms with Crippen LogP contribution in [0.5, 0.6) is 0 Å². The second-order valence-corrected chi connectivity index (χ2v) is 13.9. The average Bonchev–Trinajstić information content (AvgIpc) is 3.48. The first kappa shape index (κ1) is 36.2. The number of nitrogens with zero attached hydrogens (tertiary/aromatic N) is 6. The van der Waals surface area contributed by atoms with Crippen LogP contribution in [0.4, 0.5) is 0 Å². The van der Waals surface area contributed by atoms with E-state index >= 15 is 0 Å². The van der Waals surface area contributed by atoms with E-state index in [0.29, 0.717) is 53.6 Å². The molecule has 0 saturated carbocycles. The van der Waals surface area contributed by atoms with Crippen LogP contribution in [-0.4, -0.2) is 67.6 Å². The summed E-state index contributed by atoms with van der Waals surface area (Å²) in [7, 11) is 0. The van der Waals surface area contributed by atoms with Gasteiger partial charge in [0.15, 0.2) is 6.29 Å². The fraction of sp³-hybridized carbons (Fsp3) is 0.667. The molecule has 260 valence electrons. The molecule has 3 saturated heterocycles. The first-order valence-electron chi connectivity index (χ1n) is 18.4. The Balaban J connectivity index is 1.08. The second kappa shape index (κ2) is 17.5. The monoisotopic (exact) mass is 666 g/mol. The predicted octanol–water partition coefficient (Wildman–Crippen LogP) is 6.86.